The number of thiophene rings is 1. The fourth-order valence-corrected chi connectivity index (χ4v) is 6.18. The van der Waals surface area contributed by atoms with Crippen molar-refractivity contribution in [2.24, 2.45) is 0 Å². The second kappa shape index (κ2) is 5.34. The van der Waals surface area contributed by atoms with Crippen molar-refractivity contribution in [2.45, 2.75) is 18.1 Å². The van der Waals surface area contributed by atoms with Crippen molar-refractivity contribution >= 4 is 42.2 Å². The van der Waals surface area contributed by atoms with Crippen LogP contribution in [0.15, 0.2) is 12.1 Å². The van der Waals surface area contributed by atoms with Gasteiger partial charge < -0.3 is 5.11 Å². The summed E-state index contributed by atoms with van der Waals surface area (Å²) in [5.41, 5.74) is 0. The van der Waals surface area contributed by atoms with Crippen LogP contribution in [-0.2, 0) is 19.9 Å². The van der Waals surface area contributed by atoms with Crippen molar-refractivity contribution in [2.75, 3.05) is 16.2 Å². The molecule has 7 nitrogen and oxygen atoms in total. The predicted molar refractivity (Wildman–Crippen MR) is 75.5 cm³/mol. The normalized spacial score (nSPS) is 19.6. The summed E-state index contributed by atoms with van der Waals surface area (Å²) in [6.07, 6.45) is 0.129. The molecular weight excluding hydrogens is 326 g/mol. The van der Waals surface area contributed by atoms with Crippen molar-refractivity contribution in [1.29, 1.82) is 0 Å². The number of sulfonamides is 1. The van der Waals surface area contributed by atoms with E-state index < -0.39 is 31.1 Å². The van der Waals surface area contributed by atoms with Gasteiger partial charge in [0, 0.05) is 0 Å². The predicted octanol–water partition coefficient (Wildman–Crippen LogP) is 0.765. The molecule has 0 amide bonds. The number of rotatable bonds is 4. The van der Waals surface area contributed by atoms with Crippen LogP contribution < -0.4 is 4.72 Å². The highest BCUT2D eigenvalue weighted by Crippen LogP contribution is 2.26. The Bertz CT molecular complexity index is 704. The van der Waals surface area contributed by atoms with Gasteiger partial charge in [-0.3, -0.25) is 4.72 Å². The third kappa shape index (κ3) is 3.49. The molecule has 1 fully saturated rings. The summed E-state index contributed by atoms with van der Waals surface area (Å²) in [6.45, 7) is 0. The topological polar surface area (TPSA) is 118 Å². The lowest BCUT2D eigenvalue weighted by atomic mass is 10.2. The molecule has 112 valence electrons. The molecule has 2 rings (SSSR count). The van der Waals surface area contributed by atoms with Gasteiger partial charge in [0.15, 0.2) is 0 Å². The molecule has 0 aromatic carbocycles. The number of hydrogen-bond acceptors (Lipinski definition) is 6. The summed E-state index contributed by atoms with van der Waals surface area (Å²) in [4.78, 5) is 10.8. The lowest BCUT2D eigenvalue weighted by Crippen LogP contribution is -2.35. The highest BCUT2D eigenvalue weighted by Gasteiger charge is 2.33. The van der Waals surface area contributed by atoms with Gasteiger partial charge in [0.25, 0.3) is 0 Å². The number of hydrogen-bond donors (Lipinski definition) is 2. The molecule has 0 atom stereocenters. The number of carboxylic acids is 1. The Kier molecular flexibility index (Phi) is 4.07. The zero-order valence-corrected chi connectivity index (χ0v) is 12.7. The highest BCUT2D eigenvalue weighted by atomic mass is 32.2. The van der Waals surface area contributed by atoms with Crippen LogP contribution in [0.1, 0.15) is 22.5 Å². The van der Waals surface area contributed by atoms with E-state index in [1.54, 1.807) is 0 Å². The molecule has 0 aliphatic carbocycles. The first kappa shape index (κ1) is 15.3. The van der Waals surface area contributed by atoms with E-state index >= 15 is 0 Å². The summed E-state index contributed by atoms with van der Waals surface area (Å²) in [5, 5.41) is 8.23. The number of aromatic carboxylic acids is 1. The lowest BCUT2D eigenvalue weighted by molar-refractivity contribution is 0.0702. The van der Waals surface area contributed by atoms with Crippen molar-refractivity contribution in [3.05, 3.63) is 17.0 Å². The van der Waals surface area contributed by atoms with Crippen LogP contribution in [0.3, 0.4) is 0 Å². The Morgan fingerprint density at radius 3 is 2.40 bits per heavy atom. The maximum Gasteiger partial charge on any atom is 0.345 e. The quantitative estimate of drug-likeness (QED) is 0.836. The fraction of sp³-hybridized carbons (Fsp3) is 0.500. The van der Waals surface area contributed by atoms with Gasteiger partial charge in [-0.25, -0.2) is 21.6 Å². The molecule has 2 N–H and O–H groups in total. The van der Waals surface area contributed by atoms with Crippen molar-refractivity contribution in [1.82, 2.24) is 0 Å². The van der Waals surface area contributed by atoms with Crippen molar-refractivity contribution in [3.8, 4) is 0 Å². The molecule has 1 saturated heterocycles. The maximum absolute atomic E-state index is 12.1. The number of nitrogens with one attached hydrogen (secondary N) is 1. The van der Waals surface area contributed by atoms with Gasteiger partial charge in [-0.05, 0) is 25.0 Å². The van der Waals surface area contributed by atoms with Gasteiger partial charge >= 0.3 is 5.97 Å². The number of carbonyl (C=O) groups is 1. The van der Waals surface area contributed by atoms with Crippen LogP contribution in [-0.4, -0.2) is 44.7 Å². The van der Waals surface area contributed by atoms with E-state index in [2.05, 4.69) is 4.72 Å². The molecule has 1 aromatic rings. The van der Waals surface area contributed by atoms with Crippen LogP contribution >= 0.6 is 11.3 Å². The molecule has 0 unspecified atom stereocenters. The largest absolute Gasteiger partial charge is 0.477 e. The Hall–Kier alpha value is -1.13. The Morgan fingerprint density at radius 2 is 1.90 bits per heavy atom. The third-order valence-electron chi connectivity index (χ3n) is 3.00. The first-order valence-corrected chi connectivity index (χ1v) is 9.93. The molecule has 0 saturated carbocycles. The van der Waals surface area contributed by atoms with Gasteiger partial charge in [0.2, 0.25) is 10.0 Å². The van der Waals surface area contributed by atoms with E-state index in [-0.39, 0.29) is 34.2 Å². The number of carboxylic acid groups (broad SMARTS) is 1. The van der Waals surface area contributed by atoms with E-state index in [1.165, 1.54) is 12.1 Å². The SMILES string of the molecule is O=C(O)c1ccc(NS(=O)(=O)C2CCS(=O)(=O)CC2)s1. The molecular formula is C10H13NO6S3. The Balaban J connectivity index is 2.09. The van der Waals surface area contributed by atoms with Gasteiger partial charge in [0.05, 0.1) is 16.8 Å². The van der Waals surface area contributed by atoms with E-state index in [4.69, 9.17) is 5.11 Å². The summed E-state index contributed by atoms with van der Waals surface area (Å²) < 4.78 is 49.1. The lowest BCUT2D eigenvalue weighted by Gasteiger charge is -2.22. The average molecular weight is 339 g/mol. The van der Waals surface area contributed by atoms with Crippen LogP contribution in [0.2, 0.25) is 0 Å². The highest BCUT2D eigenvalue weighted by molar-refractivity contribution is 7.94. The molecule has 20 heavy (non-hydrogen) atoms. The second-order valence-electron chi connectivity index (χ2n) is 4.47. The van der Waals surface area contributed by atoms with Crippen LogP contribution in [0.5, 0.6) is 0 Å². The minimum Gasteiger partial charge on any atom is -0.477 e. The number of anilines is 1. The number of sulfone groups is 1. The van der Waals surface area contributed by atoms with Crippen molar-refractivity contribution < 1.29 is 26.7 Å². The summed E-state index contributed by atoms with van der Waals surface area (Å²) >= 11 is 0.824. The van der Waals surface area contributed by atoms with Gasteiger partial charge in [0.1, 0.15) is 19.7 Å². The minimum absolute atomic E-state index is 0.0360. The fourth-order valence-electron chi connectivity index (χ4n) is 1.91. The minimum atomic E-state index is -3.70. The standard InChI is InChI=1S/C10H13NO6S3/c12-10(13)8-1-2-9(18-8)11-20(16,17)7-3-5-19(14,15)6-4-7/h1-2,7,11H,3-6H2,(H,12,13). The molecule has 1 aromatic heterocycles. The van der Waals surface area contributed by atoms with Crippen LogP contribution in [0, 0.1) is 0 Å². The van der Waals surface area contributed by atoms with E-state index in [0.717, 1.165) is 11.3 Å². The molecule has 1 aliphatic rings. The Labute approximate surface area is 120 Å². The summed E-state index contributed by atoms with van der Waals surface area (Å²) in [5.74, 6) is -1.39. The monoisotopic (exact) mass is 339 g/mol. The molecule has 10 heteroatoms. The molecule has 0 bridgehead atoms. The van der Waals surface area contributed by atoms with Gasteiger partial charge in [-0.2, -0.15) is 0 Å². The zero-order chi connectivity index (χ0) is 15.0. The summed E-state index contributed by atoms with van der Waals surface area (Å²) in [7, 11) is -6.82. The van der Waals surface area contributed by atoms with Crippen LogP contribution in [0.25, 0.3) is 0 Å². The van der Waals surface area contributed by atoms with Gasteiger partial charge in [-0.15, -0.1) is 11.3 Å². The molecule has 0 spiro atoms. The first-order chi connectivity index (χ1) is 9.20. The summed E-state index contributed by atoms with van der Waals surface area (Å²) in [6, 6.07) is 2.70. The third-order valence-corrected chi connectivity index (χ3v) is 7.69. The van der Waals surface area contributed by atoms with Crippen molar-refractivity contribution in [3.63, 3.8) is 0 Å². The Morgan fingerprint density at radius 1 is 1.30 bits per heavy atom. The van der Waals surface area contributed by atoms with E-state index in [9.17, 15) is 21.6 Å². The van der Waals surface area contributed by atoms with E-state index in [0.29, 0.717) is 0 Å². The smallest absolute Gasteiger partial charge is 0.345 e. The average Bonchev–Trinajstić information content (AvgIpc) is 2.76. The molecule has 2 heterocycles. The maximum atomic E-state index is 12.1. The van der Waals surface area contributed by atoms with Gasteiger partial charge in [-0.1, -0.05) is 0 Å². The molecule has 0 radical (unpaired) electrons. The second-order valence-corrected chi connectivity index (χ2v) is 9.82. The van der Waals surface area contributed by atoms with Crippen LogP contribution in [0.4, 0.5) is 5.00 Å². The molecule has 1 aliphatic heterocycles. The zero-order valence-electron chi connectivity index (χ0n) is 10.3. The van der Waals surface area contributed by atoms with E-state index in [1.807, 2.05) is 0 Å². The first-order valence-electron chi connectivity index (χ1n) is 5.75.